The van der Waals surface area contributed by atoms with E-state index in [1.807, 2.05) is 27.0 Å². The monoisotopic (exact) mass is 277 g/mol. The van der Waals surface area contributed by atoms with Crippen molar-refractivity contribution >= 4 is 23.8 Å². The summed E-state index contributed by atoms with van der Waals surface area (Å²) in [5.74, 6) is 0.285. The molecule has 0 aromatic carbocycles. The molecule has 0 aliphatic carbocycles. The molecule has 1 unspecified atom stereocenters. The molecule has 6 heteroatoms. The topological polar surface area (TPSA) is 64.6 Å². The second-order valence-corrected chi connectivity index (χ2v) is 5.17. The zero-order chi connectivity index (χ0) is 14.1. The van der Waals surface area contributed by atoms with Crippen molar-refractivity contribution in [1.82, 2.24) is 5.32 Å². The molecule has 0 bridgehead atoms. The Morgan fingerprint density at radius 1 is 1.28 bits per heavy atom. The van der Waals surface area contributed by atoms with Crippen molar-refractivity contribution in [2.45, 2.75) is 39.8 Å². The number of ether oxygens (including phenoxy) is 2. The quantitative estimate of drug-likeness (QED) is 0.722. The predicted octanol–water partition coefficient (Wildman–Crippen LogP) is 2.05. The van der Waals surface area contributed by atoms with E-state index < -0.39 is 18.1 Å². The van der Waals surface area contributed by atoms with Gasteiger partial charge < -0.3 is 14.8 Å². The fourth-order valence-electron chi connectivity index (χ4n) is 1.05. The van der Waals surface area contributed by atoms with Gasteiger partial charge in [0.1, 0.15) is 12.1 Å². The van der Waals surface area contributed by atoms with Crippen LogP contribution in [0.1, 0.15) is 27.7 Å². The van der Waals surface area contributed by atoms with Gasteiger partial charge >= 0.3 is 12.1 Å². The van der Waals surface area contributed by atoms with E-state index in [1.54, 1.807) is 6.92 Å². The Morgan fingerprint density at radius 3 is 2.33 bits per heavy atom. The SMILES string of the molecule is CCOC(=O)NC(CSC)C(=O)O[C@@H](C)C(C)C. The molecule has 0 aromatic rings. The van der Waals surface area contributed by atoms with Gasteiger partial charge in [-0.1, -0.05) is 13.8 Å². The third-order valence-corrected chi connectivity index (χ3v) is 3.09. The normalized spacial score (nSPS) is 13.9. The highest BCUT2D eigenvalue weighted by atomic mass is 32.2. The van der Waals surface area contributed by atoms with Crippen molar-refractivity contribution in [2.24, 2.45) is 5.92 Å². The molecule has 0 fully saturated rings. The van der Waals surface area contributed by atoms with Crippen molar-refractivity contribution < 1.29 is 19.1 Å². The molecule has 106 valence electrons. The minimum absolute atomic E-state index is 0.175. The van der Waals surface area contributed by atoms with Crippen LogP contribution in [0.3, 0.4) is 0 Å². The van der Waals surface area contributed by atoms with E-state index >= 15 is 0 Å². The average molecular weight is 277 g/mol. The largest absolute Gasteiger partial charge is 0.461 e. The molecular formula is C12H23NO4S. The van der Waals surface area contributed by atoms with E-state index in [2.05, 4.69) is 5.32 Å². The molecule has 0 rings (SSSR count). The van der Waals surface area contributed by atoms with Crippen LogP contribution in [0.2, 0.25) is 0 Å². The van der Waals surface area contributed by atoms with E-state index in [0.717, 1.165) is 0 Å². The van der Waals surface area contributed by atoms with Gasteiger partial charge in [-0.2, -0.15) is 11.8 Å². The number of nitrogens with one attached hydrogen (secondary N) is 1. The van der Waals surface area contributed by atoms with Crippen LogP contribution >= 0.6 is 11.8 Å². The summed E-state index contributed by atoms with van der Waals surface area (Å²) in [6.45, 7) is 7.77. The minimum Gasteiger partial charge on any atom is -0.461 e. The standard InChI is InChI=1S/C12H23NO4S/c1-6-16-12(15)13-10(7-18-5)11(14)17-9(4)8(2)3/h8-10H,6-7H2,1-5H3,(H,13,15)/t9-,10?/m0/s1. The highest BCUT2D eigenvalue weighted by molar-refractivity contribution is 7.98. The summed E-state index contributed by atoms with van der Waals surface area (Å²) in [6, 6.07) is -0.666. The van der Waals surface area contributed by atoms with Gasteiger partial charge in [-0.05, 0) is 26.0 Å². The third kappa shape index (κ3) is 6.74. The smallest absolute Gasteiger partial charge is 0.407 e. The van der Waals surface area contributed by atoms with Gasteiger partial charge in [0.2, 0.25) is 0 Å². The van der Waals surface area contributed by atoms with Crippen molar-refractivity contribution in [3.63, 3.8) is 0 Å². The second-order valence-electron chi connectivity index (χ2n) is 4.26. The van der Waals surface area contributed by atoms with Gasteiger partial charge in [0.25, 0.3) is 0 Å². The van der Waals surface area contributed by atoms with Crippen LogP contribution in [0.5, 0.6) is 0 Å². The lowest BCUT2D eigenvalue weighted by Gasteiger charge is -2.21. The number of esters is 1. The fourth-order valence-corrected chi connectivity index (χ4v) is 1.60. The van der Waals surface area contributed by atoms with Crippen LogP contribution in [0.15, 0.2) is 0 Å². The maximum Gasteiger partial charge on any atom is 0.407 e. The maximum absolute atomic E-state index is 11.9. The lowest BCUT2D eigenvalue weighted by atomic mass is 10.1. The molecule has 0 saturated carbocycles. The van der Waals surface area contributed by atoms with E-state index in [4.69, 9.17) is 9.47 Å². The average Bonchev–Trinajstić information content (AvgIpc) is 2.28. The van der Waals surface area contributed by atoms with Gasteiger partial charge in [-0.25, -0.2) is 9.59 Å². The molecular weight excluding hydrogens is 254 g/mol. The van der Waals surface area contributed by atoms with E-state index in [9.17, 15) is 9.59 Å². The van der Waals surface area contributed by atoms with Crippen LogP contribution in [0.4, 0.5) is 4.79 Å². The predicted molar refractivity (Wildman–Crippen MR) is 72.7 cm³/mol. The van der Waals surface area contributed by atoms with Crippen LogP contribution in [-0.2, 0) is 14.3 Å². The highest BCUT2D eigenvalue weighted by Crippen LogP contribution is 2.08. The number of thioether (sulfide) groups is 1. The molecule has 18 heavy (non-hydrogen) atoms. The first-order chi connectivity index (χ1) is 8.42. The van der Waals surface area contributed by atoms with Crippen molar-refractivity contribution in [3.05, 3.63) is 0 Å². The molecule has 0 aliphatic rings. The van der Waals surface area contributed by atoms with E-state index in [-0.39, 0.29) is 18.6 Å². The molecule has 0 radical (unpaired) electrons. The first kappa shape index (κ1) is 17.1. The molecule has 0 spiro atoms. The molecule has 0 aromatic heterocycles. The summed E-state index contributed by atoms with van der Waals surface area (Å²) >= 11 is 1.46. The Balaban J connectivity index is 4.39. The summed E-state index contributed by atoms with van der Waals surface area (Å²) in [6.07, 6.45) is 1.09. The fraction of sp³-hybridized carbons (Fsp3) is 0.833. The number of hydrogen-bond donors (Lipinski definition) is 1. The van der Waals surface area contributed by atoms with E-state index in [0.29, 0.717) is 5.75 Å². The number of carbonyl (C=O) groups excluding carboxylic acids is 2. The molecule has 5 nitrogen and oxygen atoms in total. The molecule has 0 heterocycles. The second kappa shape index (κ2) is 9.08. The zero-order valence-electron chi connectivity index (χ0n) is 11.7. The lowest BCUT2D eigenvalue weighted by Crippen LogP contribution is -2.45. The minimum atomic E-state index is -0.666. The number of carbonyl (C=O) groups is 2. The first-order valence-corrected chi connectivity index (χ1v) is 7.44. The molecule has 0 aliphatic heterocycles. The summed E-state index contributed by atoms with van der Waals surface area (Å²) in [5.41, 5.74) is 0. The Labute approximate surface area is 113 Å². The van der Waals surface area contributed by atoms with Gasteiger partial charge in [-0.15, -0.1) is 0 Å². The van der Waals surface area contributed by atoms with Crippen LogP contribution in [-0.4, -0.2) is 42.8 Å². The van der Waals surface area contributed by atoms with Crippen LogP contribution < -0.4 is 5.32 Å². The number of amides is 1. The number of rotatable bonds is 7. The Hall–Kier alpha value is -0.910. The highest BCUT2D eigenvalue weighted by Gasteiger charge is 2.24. The number of hydrogen-bond acceptors (Lipinski definition) is 5. The first-order valence-electron chi connectivity index (χ1n) is 6.05. The van der Waals surface area contributed by atoms with Crippen molar-refractivity contribution in [3.8, 4) is 0 Å². The van der Waals surface area contributed by atoms with Gasteiger partial charge in [-0.3, -0.25) is 0 Å². The Morgan fingerprint density at radius 2 is 1.89 bits per heavy atom. The lowest BCUT2D eigenvalue weighted by molar-refractivity contribution is -0.152. The summed E-state index contributed by atoms with van der Waals surface area (Å²) in [7, 11) is 0. The summed E-state index contributed by atoms with van der Waals surface area (Å²) in [4.78, 5) is 23.2. The molecule has 1 N–H and O–H groups in total. The zero-order valence-corrected chi connectivity index (χ0v) is 12.5. The van der Waals surface area contributed by atoms with Crippen LogP contribution in [0, 0.1) is 5.92 Å². The van der Waals surface area contributed by atoms with Crippen LogP contribution in [0.25, 0.3) is 0 Å². The van der Waals surface area contributed by atoms with E-state index in [1.165, 1.54) is 11.8 Å². The van der Waals surface area contributed by atoms with Gasteiger partial charge in [0.15, 0.2) is 0 Å². The Bertz CT molecular complexity index is 271. The van der Waals surface area contributed by atoms with Gasteiger partial charge in [0, 0.05) is 5.75 Å². The summed E-state index contributed by atoms with van der Waals surface area (Å²) < 4.78 is 10.0. The summed E-state index contributed by atoms with van der Waals surface area (Å²) in [5, 5.41) is 2.51. The van der Waals surface area contributed by atoms with Crippen molar-refractivity contribution in [2.75, 3.05) is 18.6 Å². The molecule has 1 amide bonds. The van der Waals surface area contributed by atoms with Crippen molar-refractivity contribution in [1.29, 1.82) is 0 Å². The third-order valence-electron chi connectivity index (χ3n) is 2.43. The maximum atomic E-state index is 11.9. The molecule has 2 atom stereocenters. The molecule has 0 saturated heterocycles. The number of alkyl carbamates (subject to hydrolysis) is 1. The van der Waals surface area contributed by atoms with Gasteiger partial charge in [0.05, 0.1) is 6.61 Å². The Kier molecular flexibility index (Phi) is 8.62.